The van der Waals surface area contributed by atoms with Crippen molar-refractivity contribution in [2.45, 2.75) is 19.9 Å². The van der Waals surface area contributed by atoms with E-state index < -0.39 is 36.3 Å². The summed E-state index contributed by atoms with van der Waals surface area (Å²) in [6.45, 7) is 2.29. The molecule has 0 radical (unpaired) electrons. The summed E-state index contributed by atoms with van der Waals surface area (Å²) in [7, 11) is 0. The van der Waals surface area contributed by atoms with Gasteiger partial charge in [-0.1, -0.05) is 58.0 Å². The molecule has 174 valence electrons. The van der Waals surface area contributed by atoms with Gasteiger partial charge in [-0.25, -0.2) is 4.79 Å². The van der Waals surface area contributed by atoms with Crippen molar-refractivity contribution in [3.63, 3.8) is 0 Å². The second-order valence-corrected chi connectivity index (χ2v) is 9.60. The van der Waals surface area contributed by atoms with E-state index >= 15 is 0 Å². The van der Waals surface area contributed by atoms with Gasteiger partial charge in [0.1, 0.15) is 6.04 Å². The lowest BCUT2D eigenvalue weighted by atomic mass is 10.1. The molecule has 0 aromatic heterocycles. The van der Waals surface area contributed by atoms with Gasteiger partial charge in [0, 0.05) is 10.2 Å². The fourth-order valence-corrected chi connectivity index (χ4v) is 4.66. The van der Waals surface area contributed by atoms with Crippen LogP contribution < -0.4 is 5.32 Å². The van der Waals surface area contributed by atoms with Crippen LogP contribution in [0.2, 0.25) is 25.1 Å². The minimum absolute atomic E-state index is 0.194. The second-order valence-electron chi connectivity index (χ2n) is 6.85. The van der Waals surface area contributed by atoms with Crippen LogP contribution in [0, 0.1) is 6.92 Å². The smallest absolute Gasteiger partial charge is 0.329 e. The monoisotopic (exact) mass is 614 g/mol. The van der Waals surface area contributed by atoms with Crippen LogP contribution in [0.3, 0.4) is 0 Å². The molecule has 3 amide bonds. The van der Waals surface area contributed by atoms with Crippen LogP contribution in [-0.2, 0) is 14.3 Å². The first-order valence-electron chi connectivity index (χ1n) is 9.03. The number of nitrogens with zero attached hydrogens (tertiary/aromatic N) is 1. The van der Waals surface area contributed by atoms with Crippen LogP contribution in [0.1, 0.15) is 33.2 Å². The van der Waals surface area contributed by atoms with E-state index in [2.05, 4.69) is 21.2 Å². The molecule has 0 saturated carbocycles. The van der Waals surface area contributed by atoms with Crippen LogP contribution in [0.5, 0.6) is 0 Å². The van der Waals surface area contributed by atoms with Gasteiger partial charge in [0.2, 0.25) is 0 Å². The Morgan fingerprint density at radius 2 is 1.48 bits per heavy atom. The lowest BCUT2D eigenvalue weighted by Crippen LogP contribution is -2.44. The molecule has 2 aromatic carbocycles. The molecule has 1 heterocycles. The summed E-state index contributed by atoms with van der Waals surface area (Å²) in [6, 6.07) is 1.88. The summed E-state index contributed by atoms with van der Waals surface area (Å²) >= 11 is 33.5. The third-order valence-electron chi connectivity index (χ3n) is 4.82. The van der Waals surface area contributed by atoms with Gasteiger partial charge in [-0.2, -0.15) is 0 Å². The molecule has 7 nitrogen and oxygen atoms in total. The average molecular weight is 617 g/mol. The largest absolute Gasteiger partial charge is 0.454 e. The predicted octanol–water partition coefficient (Wildman–Crippen LogP) is 6.19. The summed E-state index contributed by atoms with van der Waals surface area (Å²) in [4.78, 5) is 51.0. The number of carbonyl (C=O) groups excluding carboxylic acids is 4. The number of rotatable bonds is 5. The first-order chi connectivity index (χ1) is 15.4. The standard InChI is InChI=1S/C20H12BrCl5N2O5/c1-6-9(4-3-8(21)13(6)22)27-10(29)5-33-20(32)7(2)28-18(30)11-12(19(28)31)15(24)17(26)16(25)14(11)23/h3-4,7H,5H2,1-2H3,(H,27,29)/t7-/m1/s1. The normalized spacial score (nSPS) is 13.8. The predicted molar refractivity (Wildman–Crippen MR) is 130 cm³/mol. The molecule has 1 aliphatic heterocycles. The number of ether oxygens (including phenoxy) is 1. The Bertz CT molecular complexity index is 1190. The molecular weight excluding hydrogens is 605 g/mol. The lowest BCUT2D eigenvalue weighted by Gasteiger charge is -2.21. The molecule has 0 saturated heterocycles. The third-order valence-corrected chi connectivity index (χ3v) is 8.00. The number of anilines is 1. The average Bonchev–Trinajstić information content (AvgIpc) is 3.04. The van der Waals surface area contributed by atoms with E-state index in [1.54, 1.807) is 19.1 Å². The van der Waals surface area contributed by atoms with Crippen molar-refractivity contribution in [1.82, 2.24) is 4.90 Å². The number of halogens is 6. The molecule has 1 atom stereocenters. The Labute approximate surface area is 221 Å². The molecule has 2 aromatic rings. The maximum absolute atomic E-state index is 12.8. The van der Waals surface area contributed by atoms with Crippen molar-refractivity contribution >= 4 is 103 Å². The summed E-state index contributed by atoms with van der Waals surface area (Å²) in [5.41, 5.74) is 0.508. The van der Waals surface area contributed by atoms with Crippen molar-refractivity contribution in [2.75, 3.05) is 11.9 Å². The van der Waals surface area contributed by atoms with Crippen LogP contribution in [-0.4, -0.2) is 41.2 Å². The van der Waals surface area contributed by atoms with E-state index in [1.165, 1.54) is 6.92 Å². The molecule has 0 spiro atoms. The van der Waals surface area contributed by atoms with Gasteiger partial charge in [0.25, 0.3) is 17.7 Å². The Hall–Kier alpha value is -1.55. The van der Waals surface area contributed by atoms with E-state index in [0.29, 0.717) is 25.6 Å². The zero-order valence-corrected chi connectivity index (χ0v) is 22.1. The highest BCUT2D eigenvalue weighted by molar-refractivity contribution is 9.10. The first kappa shape index (κ1) is 26.1. The highest BCUT2D eigenvalue weighted by Crippen LogP contribution is 2.45. The number of hydrogen-bond acceptors (Lipinski definition) is 5. The van der Waals surface area contributed by atoms with Crippen molar-refractivity contribution in [2.24, 2.45) is 0 Å². The number of hydrogen-bond donors (Lipinski definition) is 1. The van der Waals surface area contributed by atoms with Crippen molar-refractivity contribution in [1.29, 1.82) is 0 Å². The SMILES string of the molecule is Cc1c(NC(=O)COC(=O)[C@@H](C)N2C(=O)c3c(Cl)c(Cl)c(Cl)c(Cl)c3C2=O)ccc(Br)c1Cl. The zero-order chi connectivity index (χ0) is 24.8. The van der Waals surface area contributed by atoms with Crippen molar-refractivity contribution in [3.8, 4) is 0 Å². The molecule has 0 aliphatic carbocycles. The molecule has 1 N–H and O–H groups in total. The maximum Gasteiger partial charge on any atom is 0.329 e. The fourth-order valence-electron chi connectivity index (χ4n) is 3.05. The number of fused-ring (bicyclic) bond motifs is 1. The zero-order valence-electron chi connectivity index (χ0n) is 16.7. The van der Waals surface area contributed by atoms with E-state index in [9.17, 15) is 19.2 Å². The lowest BCUT2D eigenvalue weighted by molar-refractivity contribution is -0.150. The van der Waals surface area contributed by atoms with Gasteiger partial charge in [-0.05, 0) is 47.5 Å². The Balaban J connectivity index is 1.72. The molecular formula is C20H12BrCl5N2O5. The first-order valence-corrected chi connectivity index (χ1v) is 11.7. The molecule has 0 fully saturated rings. The Morgan fingerprint density at radius 3 is 2.00 bits per heavy atom. The van der Waals surface area contributed by atoms with Crippen LogP contribution in [0.4, 0.5) is 5.69 Å². The van der Waals surface area contributed by atoms with Crippen molar-refractivity contribution in [3.05, 3.63) is 58.4 Å². The van der Waals surface area contributed by atoms with E-state index in [4.69, 9.17) is 62.7 Å². The summed E-state index contributed by atoms with van der Waals surface area (Å²) in [6.07, 6.45) is 0. The molecule has 3 rings (SSSR count). The van der Waals surface area contributed by atoms with E-state index in [1.807, 2.05) is 0 Å². The molecule has 33 heavy (non-hydrogen) atoms. The maximum atomic E-state index is 12.8. The van der Waals surface area contributed by atoms with E-state index in [0.717, 1.165) is 0 Å². The van der Waals surface area contributed by atoms with Crippen LogP contribution >= 0.6 is 73.9 Å². The minimum atomic E-state index is -1.39. The fraction of sp³-hybridized carbons (Fsp3) is 0.200. The molecule has 13 heteroatoms. The van der Waals surface area contributed by atoms with Crippen LogP contribution in [0.25, 0.3) is 0 Å². The number of nitrogens with one attached hydrogen (secondary N) is 1. The minimum Gasteiger partial charge on any atom is -0.454 e. The summed E-state index contributed by atoms with van der Waals surface area (Å²) in [5, 5.41) is 2.08. The second kappa shape index (κ2) is 9.98. The number of esters is 1. The third kappa shape index (κ3) is 4.70. The highest BCUT2D eigenvalue weighted by atomic mass is 79.9. The summed E-state index contributed by atoms with van der Waals surface area (Å²) < 4.78 is 5.65. The molecule has 1 aliphatic rings. The van der Waals surface area contributed by atoms with Gasteiger partial charge in [0.05, 0.1) is 36.2 Å². The molecule has 0 unspecified atom stereocenters. The number of imide groups is 1. The number of carbonyl (C=O) groups is 4. The molecule has 0 bridgehead atoms. The quantitative estimate of drug-likeness (QED) is 0.187. The topological polar surface area (TPSA) is 92.8 Å². The Kier molecular flexibility index (Phi) is 7.88. The van der Waals surface area contributed by atoms with Gasteiger partial charge in [-0.3, -0.25) is 19.3 Å². The summed E-state index contributed by atoms with van der Waals surface area (Å²) in [5.74, 6) is -3.44. The number of amides is 3. The van der Waals surface area contributed by atoms with E-state index in [-0.39, 0.29) is 31.2 Å². The van der Waals surface area contributed by atoms with Gasteiger partial charge in [0.15, 0.2) is 6.61 Å². The number of benzene rings is 2. The Morgan fingerprint density at radius 1 is 0.970 bits per heavy atom. The van der Waals surface area contributed by atoms with Crippen LogP contribution in [0.15, 0.2) is 16.6 Å². The van der Waals surface area contributed by atoms with Crippen molar-refractivity contribution < 1.29 is 23.9 Å². The highest BCUT2D eigenvalue weighted by Gasteiger charge is 2.45. The van der Waals surface area contributed by atoms with Gasteiger partial charge >= 0.3 is 5.97 Å². The van der Waals surface area contributed by atoms with Gasteiger partial charge in [-0.15, -0.1) is 0 Å². The van der Waals surface area contributed by atoms with Gasteiger partial charge < -0.3 is 10.1 Å².